The smallest absolute Gasteiger partial charge is 0.159 e. The maximum Gasteiger partial charge on any atom is 0.159 e. The third-order valence-electron chi connectivity index (χ3n) is 3.38. The van der Waals surface area contributed by atoms with Crippen molar-refractivity contribution in [1.82, 2.24) is 5.32 Å². The summed E-state index contributed by atoms with van der Waals surface area (Å²) in [5.41, 5.74) is 0.370. The van der Waals surface area contributed by atoms with E-state index in [2.05, 4.69) is 19.2 Å². The quantitative estimate of drug-likeness (QED) is 0.843. The molecule has 0 radical (unpaired) electrons. The summed E-state index contributed by atoms with van der Waals surface area (Å²) >= 11 is 1.66. The lowest BCUT2D eigenvalue weighted by Gasteiger charge is -2.23. The first kappa shape index (κ1) is 16.1. The first-order valence-electron chi connectivity index (χ1n) is 6.89. The van der Waals surface area contributed by atoms with Crippen LogP contribution in [0.3, 0.4) is 0 Å². The molecule has 1 aromatic carbocycles. The third-order valence-corrected chi connectivity index (χ3v) is 4.33. The van der Waals surface area contributed by atoms with Crippen LogP contribution in [0.2, 0.25) is 0 Å². The van der Waals surface area contributed by atoms with Crippen LogP contribution in [-0.2, 0) is 0 Å². The molecule has 0 amide bonds. The Morgan fingerprint density at radius 2 is 1.95 bits per heavy atom. The number of halogens is 2. The summed E-state index contributed by atoms with van der Waals surface area (Å²) in [5, 5.41) is 15.4. The fourth-order valence-corrected chi connectivity index (χ4v) is 3.18. The predicted molar refractivity (Wildman–Crippen MR) is 81.2 cm³/mol. The minimum Gasteiger partial charge on any atom is -0.387 e. The Hall–Kier alpha value is -1.30. The van der Waals surface area contributed by atoms with Gasteiger partial charge in [0, 0.05) is 17.5 Å². The Kier molecular flexibility index (Phi) is 5.45. The van der Waals surface area contributed by atoms with Gasteiger partial charge in [0.15, 0.2) is 11.6 Å². The standard InChI is InChI=1S/C16H19F2NOS/c1-10(2)16(15-4-3-7-21-15)19-9-14(20)11-5-6-12(17)13(18)8-11/h3-8,10,14,16,19-20H,9H2,1-2H3. The summed E-state index contributed by atoms with van der Waals surface area (Å²) < 4.78 is 26.1. The minimum atomic E-state index is -0.940. The highest BCUT2D eigenvalue weighted by Gasteiger charge is 2.18. The number of rotatable bonds is 6. The van der Waals surface area contributed by atoms with Crippen molar-refractivity contribution in [3.05, 3.63) is 57.8 Å². The van der Waals surface area contributed by atoms with E-state index in [1.807, 2.05) is 17.5 Å². The van der Waals surface area contributed by atoms with Crippen LogP contribution in [0.25, 0.3) is 0 Å². The number of nitrogens with one attached hydrogen (secondary N) is 1. The summed E-state index contributed by atoms with van der Waals surface area (Å²) in [7, 11) is 0. The van der Waals surface area contributed by atoms with E-state index in [4.69, 9.17) is 0 Å². The summed E-state index contributed by atoms with van der Waals surface area (Å²) in [6.45, 7) is 4.48. The van der Waals surface area contributed by atoms with E-state index in [0.717, 1.165) is 12.1 Å². The largest absolute Gasteiger partial charge is 0.387 e. The van der Waals surface area contributed by atoms with Crippen molar-refractivity contribution in [2.24, 2.45) is 5.92 Å². The van der Waals surface area contributed by atoms with E-state index >= 15 is 0 Å². The molecular weight excluding hydrogens is 292 g/mol. The van der Waals surface area contributed by atoms with Gasteiger partial charge >= 0.3 is 0 Å². The highest BCUT2D eigenvalue weighted by Crippen LogP contribution is 2.26. The van der Waals surface area contributed by atoms with E-state index in [1.54, 1.807) is 11.3 Å². The predicted octanol–water partition coefficient (Wildman–Crippen LogP) is 4.05. The van der Waals surface area contributed by atoms with Crippen molar-refractivity contribution in [2.75, 3.05) is 6.54 Å². The van der Waals surface area contributed by atoms with Crippen molar-refractivity contribution in [1.29, 1.82) is 0 Å². The van der Waals surface area contributed by atoms with Gasteiger partial charge in [-0.2, -0.15) is 0 Å². The zero-order valence-electron chi connectivity index (χ0n) is 12.0. The number of aliphatic hydroxyl groups is 1. The topological polar surface area (TPSA) is 32.3 Å². The fraction of sp³-hybridized carbons (Fsp3) is 0.375. The zero-order chi connectivity index (χ0) is 15.4. The van der Waals surface area contributed by atoms with Crippen molar-refractivity contribution >= 4 is 11.3 Å². The molecule has 0 spiro atoms. The van der Waals surface area contributed by atoms with Gasteiger partial charge in [0.1, 0.15) is 0 Å². The molecule has 0 aliphatic rings. The number of thiophene rings is 1. The Morgan fingerprint density at radius 3 is 2.52 bits per heavy atom. The van der Waals surface area contributed by atoms with Crippen LogP contribution in [-0.4, -0.2) is 11.7 Å². The van der Waals surface area contributed by atoms with Crippen LogP contribution in [0, 0.1) is 17.6 Å². The summed E-state index contributed by atoms with van der Waals surface area (Å²) in [5.74, 6) is -1.48. The Morgan fingerprint density at radius 1 is 1.19 bits per heavy atom. The molecule has 2 N–H and O–H groups in total. The van der Waals surface area contributed by atoms with Crippen LogP contribution < -0.4 is 5.32 Å². The van der Waals surface area contributed by atoms with Crippen LogP contribution in [0.5, 0.6) is 0 Å². The summed E-state index contributed by atoms with van der Waals surface area (Å²) in [6, 6.07) is 7.64. The number of hydrogen-bond acceptors (Lipinski definition) is 3. The lowest BCUT2D eigenvalue weighted by molar-refractivity contribution is 0.165. The fourth-order valence-electron chi connectivity index (χ4n) is 2.21. The number of aliphatic hydroxyl groups excluding tert-OH is 1. The molecule has 114 valence electrons. The maximum absolute atomic E-state index is 13.2. The van der Waals surface area contributed by atoms with Gasteiger partial charge in [0.25, 0.3) is 0 Å². The highest BCUT2D eigenvalue weighted by molar-refractivity contribution is 7.10. The highest BCUT2D eigenvalue weighted by atomic mass is 32.1. The third kappa shape index (κ3) is 4.09. The van der Waals surface area contributed by atoms with Gasteiger partial charge in [0.05, 0.1) is 6.10 Å². The average Bonchev–Trinajstić information content (AvgIpc) is 2.95. The molecule has 1 aromatic heterocycles. The first-order chi connectivity index (χ1) is 9.99. The van der Waals surface area contributed by atoms with Gasteiger partial charge < -0.3 is 10.4 Å². The minimum absolute atomic E-state index is 0.130. The number of hydrogen-bond donors (Lipinski definition) is 2. The molecule has 2 unspecified atom stereocenters. The van der Waals surface area contributed by atoms with Crippen LogP contribution in [0.1, 0.15) is 36.4 Å². The Labute approximate surface area is 127 Å². The lowest BCUT2D eigenvalue weighted by atomic mass is 10.0. The molecule has 2 aromatic rings. The van der Waals surface area contributed by atoms with Gasteiger partial charge in [-0.3, -0.25) is 0 Å². The zero-order valence-corrected chi connectivity index (χ0v) is 12.8. The molecule has 2 nitrogen and oxygen atoms in total. The first-order valence-corrected chi connectivity index (χ1v) is 7.76. The molecule has 0 aliphatic carbocycles. The van der Waals surface area contributed by atoms with E-state index in [9.17, 15) is 13.9 Å². The van der Waals surface area contributed by atoms with Gasteiger partial charge in [-0.25, -0.2) is 8.78 Å². The van der Waals surface area contributed by atoms with E-state index in [-0.39, 0.29) is 12.6 Å². The molecule has 2 rings (SSSR count). The van der Waals surface area contributed by atoms with Gasteiger partial charge in [0.2, 0.25) is 0 Å². The average molecular weight is 311 g/mol. The molecule has 0 saturated heterocycles. The van der Waals surface area contributed by atoms with Crippen LogP contribution >= 0.6 is 11.3 Å². The second kappa shape index (κ2) is 7.11. The normalized spacial score (nSPS) is 14.4. The van der Waals surface area contributed by atoms with Crippen molar-refractivity contribution in [3.8, 4) is 0 Å². The van der Waals surface area contributed by atoms with E-state index in [0.29, 0.717) is 11.5 Å². The molecule has 5 heteroatoms. The molecule has 2 atom stereocenters. The number of benzene rings is 1. The van der Waals surface area contributed by atoms with E-state index < -0.39 is 17.7 Å². The Bertz CT molecular complexity index is 572. The molecule has 0 aliphatic heterocycles. The summed E-state index contributed by atoms with van der Waals surface area (Å²) in [4.78, 5) is 1.20. The molecule has 0 bridgehead atoms. The van der Waals surface area contributed by atoms with Gasteiger partial charge in [-0.15, -0.1) is 11.3 Å². The summed E-state index contributed by atoms with van der Waals surface area (Å²) in [6.07, 6.45) is -0.874. The van der Waals surface area contributed by atoms with Crippen LogP contribution in [0.15, 0.2) is 35.7 Å². The van der Waals surface area contributed by atoms with Crippen molar-refractivity contribution in [3.63, 3.8) is 0 Å². The monoisotopic (exact) mass is 311 g/mol. The van der Waals surface area contributed by atoms with Gasteiger partial charge in [-0.1, -0.05) is 26.0 Å². The molecule has 21 heavy (non-hydrogen) atoms. The second-order valence-electron chi connectivity index (χ2n) is 5.33. The Balaban J connectivity index is 2.01. The molecule has 0 saturated carbocycles. The van der Waals surface area contributed by atoms with Crippen molar-refractivity contribution < 1.29 is 13.9 Å². The lowest BCUT2D eigenvalue weighted by Crippen LogP contribution is -2.29. The maximum atomic E-state index is 13.2. The van der Waals surface area contributed by atoms with Crippen molar-refractivity contribution in [2.45, 2.75) is 26.0 Å². The van der Waals surface area contributed by atoms with Gasteiger partial charge in [-0.05, 0) is 35.1 Å². The molecule has 1 heterocycles. The molecule has 0 fully saturated rings. The van der Waals surface area contributed by atoms with E-state index in [1.165, 1.54) is 10.9 Å². The second-order valence-corrected chi connectivity index (χ2v) is 6.31. The van der Waals surface area contributed by atoms with Crippen LogP contribution in [0.4, 0.5) is 8.78 Å². The SMILES string of the molecule is CC(C)C(NCC(O)c1ccc(F)c(F)c1)c1cccs1. The molecular formula is C16H19F2NOS.